The summed E-state index contributed by atoms with van der Waals surface area (Å²) in [7, 11) is -3.15. The lowest BCUT2D eigenvalue weighted by Gasteiger charge is -2.17. The van der Waals surface area contributed by atoms with Crippen LogP contribution in [0.25, 0.3) is 0 Å². The molecule has 0 saturated carbocycles. The summed E-state index contributed by atoms with van der Waals surface area (Å²) >= 11 is 0. The zero-order valence-corrected chi connectivity index (χ0v) is 12.0. The van der Waals surface area contributed by atoms with Gasteiger partial charge in [0, 0.05) is 18.0 Å². The van der Waals surface area contributed by atoms with E-state index in [1.807, 2.05) is 19.1 Å². The zero-order valence-electron chi connectivity index (χ0n) is 11.2. The maximum absolute atomic E-state index is 11.5. The van der Waals surface area contributed by atoms with Crippen molar-refractivity contribution in [3.63, 3.8) is 0 Å². The molecule has 18 heavy (non-hydrogen) atoms. The van der Waals surface area contributed by atoms with Crippen molar-refractivity contribution < 1.29 is 8.42 Å². The van der Waals surface area contributed by atoms with Crippen LogP contribution in [0.15, 0.2) is 35.7 Å². The fourth-order valence-electron chi connectivity index (χ4n) is 1.69. The number of hydrogen-bond acceptors (Lipinski definition) is 3. The molecule has 1 atom stereocenters. The van der Waals surface area contributed by atoms with Crippen molar-refractivity contribution in [1.29, 1.82) is 0 Å². The molecule has 0 aliphatic carbocycles. The van der Waals surface area contributed by atoms with Crippen LogP contribution in [0.4, 0.5) is 5.69 Å². The first-order valence-electron chi connectivity index (χ1n) is 6.02. The fourth-order valence-corrected chi connectivity index (χ4v) is 2.34. The molecule has 3 nitrogen and oxygen atoms in total. The van der Waals surface area contributed by atoms with Gasteiger partial charge in [0.25, 0.3) is 0 Å². The van der Waals surface area contributed by atoms with Crippen LogP contribution in [-0.2, 0) is 9.84 Å². The Balaban J connectivity index is 2.91. The highest BCUT2D eigenvalue weighted by molar-refractivity contribution is 7.90. The molecule has 0 aliphatic rings. The standard InChI is InChI=1S/C14H21NO2S/c1-5-6-7-12(3)15-14-10-13(18(4,16)17)9-8-11(14)2/h5,8-10,12,15H,1,6-7H2,2-4H3. The first kappa shape index (κ1) is 14.8. The monoisotopic (exact) mass is 267 g/mol. The average molecular weight is 267 g/mol. The topological polar surface area (TPSA) is 46.2 Å². The molecule has 1 rings (SSSR count). The molecule has 0 amide bonds. The minimum atomic E-state index is -3.15. The summed E-state index contributed by atoms with van der Waals surface area (Å²) in [5.41, 5.74) is 1.93. The number of anilines is 1. The number of benzene rings is 1. The summed E-state index contributed by atoms with van der Waals surface area (Å²) in [6, 6.07) is 5.47. The van der Waals surface area contributed by atoms with Gasteiger partial charge < -0.3 is 5.32 Å². The van der Waals surface area contributed by atoms with Gasteiger partial charge in [0.2, 0.25) is 0 Å². The van der Waals surface area contributed by atoms with E-state index in [0.717, 1.165) is 24.1 Å². The van der Waals surface area contributed by atoms with E-state index in [1.165, 1.54) is 6.26 Å². The summed E-state index contributed by atoms with van der Waals surface area (Å²) in [6.45, 7) is 7.74. The van der Waals surface area contributed by atoms with Gasteiger partial charge in [-0.05, 0) is 44.4 Å². The summed E-state index contributed by atoms with van der Waals surface area (Å²) < 4.78 is 23.0. The lowest BCUT2D eigenvalue weighted by Crippen LogP contribution is -2.15. The summed E-state index contributed by atoms with van der Waals surface area (Å²) in [4.78, 5) is 0.353. The SMILES string of the molecule is C=CCCC(C)Nc1cc(S(C)(=O)=O)ccc1C. The molecule has 0 aliphatic heterocycles. The molecule has 1 aromatic carbocycles. The molecule has 0 radical (unpaired) electrons. The molecule has 1 aromatic rings. The zero-order chi connectivity index (χ0) is 13.8. The van der Waals surface area contributed by atoms with E-state index in [9.17, 15) is 8.42 Å². The number of allylic oxidation sites excluding steroid dienone is 1. The van der Waals surface area contributed by atoms with Crippen molar-refractivity contribution in [3.8, 4) is 0 Å². The predicted octanol–water partition coefficient (Wildman–Crippen LogP) is 3.17. The second-order valence-electron chi connectivity index (χ2n) is 4.66. The molecule has 0 aromatic heterocycles. The Morgan fingerprint density at radius 3 is 2.67 bits per heavy atom. The normalized spacial score (nSPS) is 13.1. The molecule has 0 bridgehead atoms. The Morgan fingerprint density at radius 2 is 2.11 bits per heavy atom. The highest BCUT2D eigenvalue weighted by atomic mass is 32.2. The first-order chi connectivity index (χ1) is 8.34. The van der Waals surface area contributed by atoms with E-state index in [-0.39, 0.29) is 6.04 Å². The number of sulfone groups is 1. The molecule has 0 spiro atoms. The van der Waals surface area contributed by atoms with Crippen molar-refractivity contribution in [2.45, 2.75) is 37.6 Å². The van der Waals surface area contributed by atoms with Gasteiger partial charge in [0.1, 0.15) is 0 Å². The highest BCUT2D eigenvalue weighted by Gasteiger charge is 2.10. The van der Waals surface area contributed by atoms with E-state index >= 15 is 0 Å². The van der Waals surface area contributed by atoms with Crippen molar-refractivity contribution in [1.82, 2.24) is 0 Å². The Bertz CT molecular complexity index is 521. The molecule has 1 unspecified atom stereocenters. The molecule has 1 N–H and O–H groups in total. The van der Waals surface area contributed by atoms with Crippen LogP contribution in [0.3, 0.4) is 0 Å². The minimum absolute atomic E-state index is 0.288. The number of hydrogen-bond donors (Lipinski definition) is 1. The van der Waals surface area contributed by atoms with E-state index in [1.54, 1.807) is 12.1 Å². The summed E-state index contributed by atoms with van der Waals surface area (Å²) in [5.74, 6) is 0. The van der Waals surface area contributed by atoms with Crippen LogP contribution in [0.2, 0.25) is 0 Å². The number of nitrogens with one attached hydrogen (secondary N) is 1. The Morgan fingerprint density at radius 1 is 1.44 bits per heavy atom. The van der Waals surface area contributed by atoms with Crippen LogP contribution in [0, 0.1) is 6.92 Å². The average Bonchev–Trinajstić information content (AvgIpc) is 2.28. The predicted molar refractivity (Wildman–Crippen MR) is 76.8 cm³/mol. The van der Waals surface area contributed by atoms with Crippen molar-refractivity contribution in [2.75, 3.05) is 11.6 Å². The number of aryl methyl sites for hydroxylation is 1. The second kappa shape index (κ2) is 6.05. The smallest absolute Gasteiger partial charge is 0.175 e. The van der Waals surface area contributed by atoms with Crippen LogP contribution in [0.5, 0.6) is 0 Å². The molecule has 100 valence electrons. The van der Waals surface area contributed by atoms with Crippen LogP contribution < -0.4 is 5.32 Å². The Labute approximate surface area is 110 Å². The van der Waals surface area contributed by atoms with Gasteiger partial charge in [-0.2, -0.15) is 0 Å². The summed E-state index contributed by atoms with van der Waals surface area (Å²) in [6.07, 6.45) is 5.03. The maximum Gasteiger partial charge on any atom is 0.175 e. The van der Waals surface area contributed by atoms with E-state index in [0.29, 0.717) is 4.90 Å². The van der Waals surface area contributed by atoms with Gasteiger partial charge >= 0.3 is 0 Å². The third-order valence-corrected chi connectivity index (χ3v) is 3.95. The first-order valence-corrected chi connectivity index (χ1v) is 7.92. The van der Waals surface area contributed by atoms with Crippen molar-refractivity contribution in [3.05, 3.63) is 36.4 Å². The third-order valence-electron chi connectivity index (χ3n) is 2.84. The van der Waals surface area contributed by atoms with Gasteiger partial charge in [0.15, 0.2) is 9.84 Å². The van der Waals surface area contributed by atoms with Crippen molar-refractivity contribution >= 4 is 15.5 Å². The largest absolute Gasteiger partial charge is 0.382 e. The number of rotatable bonds is 6. The Kier molecular flexibility index (Phi) is 4.96. The lowest BCUT2D eigenvalue weighted by atomic mass is 10.1. The van der Waals surface area contributed by atoms with Gasteiger partial charge in [-0.15, -0.1) is 6.58 Å². The van der Waals surface area contributed by atoms with Gasteiger partial charge in [-0.25, -0.2) is 8.42 Å². The van der Waals surface area contributed by atoms with Crippen LogP contribution in [-0.4, -0.2) is 20.7 Å². The lowest BCUT2D eigenvalue weighted by molar-refractivity contribution is 0.602. The molecular weight excluding hydrogens is 246 g/mol. The second-order valence-corrected chi connectivity index (χ2v) is 6.68. The van der Waals surface area contributed by atoms with E-state index in [4.69, 9.17) is 0 Å². The molecule has 0 fully saturated rings. The van der Waals surface area contributed by atoms with Gasteiger partial charge in [-0.1, -0.05) is 12.1 Å². The molecule has 0 heterocycles. The van der Waals surface area contributed by atoms with E-state index < -0.39 is 9.84 Å². The minimum Gasteiger partial charge on any atom is -0.382 e. The third kappa shape index (κ3) is 4.18. The molecular formula is C14H21NO2S. The van der Waals surface area contributed by atoms with Crippen molar-refractivity contribution in [2.24, 2.45) is 0 Å². The van der Waals surface area contributed by atoms with Gasteiger partial charge in [0.05, 0.1) is 4.90 Å². The quantitative estimate of drug-likeness (QED) is 0.805. The molecule has 0 saturated heterocycles. The Hall–Kier alpha value is -1.29. The maximum atomic E-state index is 11.5. The fraction of sp³-hybridized carbons (Fsp3) is 0.429. The summed E-state index contributed by atoms with van der Waals surface area (Å²) in [5, 5.41) is 3.35. The highest BCUT2D eigenvalue weighted by Crippen LogP contribution is 2.21. The van der Waals surface area contributed by atoms with Crippen LogP contribution >= 0.6 is 0 Å². The molecule has 4 heteroatoms. The van der Waals surface area contributed by atoms with Crippen LogP contribution in [0.1, 0.15) is 25.3 Å². The van der Waals surface area contributed by atoms with E-state index in [2.05, 4.69) is 18.8 Å². The van der Waals surface area contributed by atoms with Gasteiger partial charge in [-0.3, -0.25) is 0 Å².